The Hall–Kier alpha value is -2.81. The Kier molecular flexibility index (Phi) is 7.21. The Balaban J connectivity index is 0.000000423. The number of carbonyl (C=O) groups excluding carboxylic acids is 2. The van der Waals surface area contributed by atoms with Crippen LogP contribution in [0.5, 0.6) is 5.75 Å². The standard InChI is InChI=1S/C17H17NO5S.C5H10O2/c1-17(2)13(16(21)22)18-14(20)12(15(18)24-17)8-10(19)9-23-11-6-4-3-5-7-11;1-5(2,3)4(6)7/h3-8,13,15H,9H2,1-2H3,(H,21,22);1-3H3,(H,6,7)/t13-,15+;/m0./s1. The molecule has 0 spiro atoms. The number of para-hydroxylation sites is 1. The first kappa shape index (κ1) is 24.5. The molecule has 9 heteroatoms. The van der Waals surface area contributed by atoms with Crippen LogP contribution in [0.2, 0.25) is 0 Å². The largest absolute Gasteiger partial charge is 0.485 e. The maximum atomic E-state index is 12.2. The van der Waals surface area contributed by atoms with Gasteiger partial charge in [0.05, 0.1) is 11.0 Å². The summed E-state index contributed by atoms with van der Waals surface area (Å²) in [7, 11) is 0. The van der Waals surface area contributed by atoms with Crippen LogP contribution in [0.3, 0.4) is 0 Å². The second-order valence-corrected chi connectivity index (χ2v) is 10.5. The van der Waals surface area contributed by atoms with E-state index in [1.54, 1.807) is 58.9 Å². The molecule has 1 aromatic carbocycles. The number of carboxylic acid groups (broad SMARTS) is 2. The monoisotopic (exact) mass is 449 g/mol. The molecule has 2 fully saturated rings. The number of aliphatic carboxylic acids is 2. The normalized spacial score (nSPS) is 22.7. The van der Waals surface area contributed by atoms with Gasteiger partial charge < -0.3 is 19.8 Å². The van der Waals surface area contributed by atoms with Gasteiger partial charge in [-0.15, -0.1) is 11.8 Å². The van der Waals surface area contributed by atoms with E-state index < -0.39 is 34.0 Å². The molecule has 0 radical (unpaired) electrons. The SMILES string of the molecule is CC(C)(C)C(=O)O.CC1(C)S[C@@H]2C(=CC(=O)COc3ccccc3)C(=O)N2[C@H]1C(=O)O. The van der Waals surface area contributed by atoms with Crippen LogP contribution in [0.15, 0.2) is 42.0 Å². The summed E-state index contributed by atoms with van der Waals surface area (Å²) in [6, 6.07) is 8.04. The van der Waals surface area contributed by atoms with Gasteiger partial charge in [0.15, 0.2) is 12.4 Å². The maximum absolute atomic E-state index is 12.2. The summed E-state index contributed by atoms with van der Waals surface area (Å²) in [5.41, 5.74) is -0.238. The average molecular weight is 450 g/mol. The van der Waals surface area contributed by atoms with Gasteiger partial charge in [-0.3, -0.25) is 14.4 Å². The smallest absolute Gasteiger partial charge is 0.327 e. The van der Waals surface area contributed by atoms with Gasteiger partial charge in [-0.25, -0.2) is 4.79 Å². The van der Waals surface area contributed by atoms with E-state index in [1.807, 2.05) is 6.07 Å². The minimum absolute atomic E-state index is 0.163. The van der Waals surface area contributed by atoms with Gasteiger partial charge in [-0.2, -0.15) is 0 Å². The summed E-state index contributed by atoms with van der Waals surface area (Å²) in [6.07, 6.45) is 1.28. The van der Waals surface area contributed by atoms with Crippen molar-refractivity contribution in [2.45, 2.75) is 50.8 Å². The Morgan fingerprint density at radius 3 is 2.19 bits per heavy atom. The number of thioether (sulfide) groups is 1. The van der Waals surface area contributed by atoms with Gasteiger partial charge >= 0.3 is 11.9 Å². The third-order valence-electron chi connectivity index (χ3n) is 4.67. The molecule has 2 saturated heterocycles. The number of carbonyl (C=O) groups is 4. The quantitative estimate of drug-likeness (QED) is 0.520. The fourth-order valence-electron chi connectivity index (χ4n) is 2.94. The number of fused-ring (bicyclic) bond motifs is 1. The fourth-order valence-corrected chi connectivity index (χ4v) is 4.49. The fraction of sp³-hybridized carbons (Fsp3) is 0.455. The number of carboxylic acids is 2. The zero-order valence-corrected chi connectivity index (χ0v) is 18.9. The molecule has 0 unspecified atom stereocenters. The maximum Gasteiger partial charge on any atom is 0.327 e. The van der Waals surface area contributed by atoms with Crippen molar-refractivity contribution >= 4 is 35.4 Å². The molecular weight excluding hydrogens is 422 g/mol. The highest BCUT2D eigenvalue weighted by atomic mass is 32.2. The summed E-state index contributed by atoms with van der Waals surface area (Å²) in [6.45, 7) is 8.41. The first-order valence-electron chi connectivity index (χ1n) is 9.64. The predicted molar refractivity (Wildman–Crippen MR) is 116 cm³/mol. The Bertz CT molecular complexity index is 902. The van der Waals surface area contributed by atoms with Crippen LogP contribution in [0, 0.1) is 5.41 Å². The first-order chi connectivity index (χ1) is 14.3. The lowest BCUT2D eigenvalue weighted by atomic mass is 9.95. The molecule has 0 bridgehead atoms. The summed E-state index contributed by atoms with van der Waals surface area (Å²) in [5, 5.41) is 17.2. The number of rotatable bonds is 5. The van der Waals surface area contributed by atoms with Crippen LogP contribution in [-0.2, 0) is 19.2 Å². The molecule has 2 aliphatic heterocycles. The number of benzene rings is 1. The number of amides is 1. The number of hydrogen-bond donors (Lipinski definition) is 2. The number of nitrogens with zero attached hydrogens (tertiary/aromatic N) is 1. The lowest BCUT2D eigenvalue weighted by molar-refractivity contribution is -0.152. The van der Waals surface area contributed by atoms with Crippen LogP contribution in [0.25, 0.3) is 0 Å². The molecule has 31 heavy (non-hydrogen) atoms. The minimum atomic E-state index is -1.03. The summed E-state index contributed by atoms with van der Waals surface area (Å²) >= 11 is 1.39. The van der Waals surface area contributed by atoms with E-state index in [1.165, 1.54) is 22.7 Å². The third kappa shape index (κ3) is 5.66. The van der Waals surface area contributed by atoms with E-state index in [0.717, 1.165) is 0 Å². The molecule has 2 heterocycles. The Morgan fingerprint density at radius 2 is 1.71 bits per heavy atom. The van der Waals surface area contributed by atoms with E-state index in [4.69, 9.17) is 9.84 Å². The highest BCUT2D eigenvalue weighted by Gasteiger charge is 2.61. The predicted octanol–water partition coefficient (Wildman–Crippen LogP) is 2.82. The van der Waals surface area contributed by atoms with Crippen molar-refractivity contribution in [1.29, 1.82) is 0 Å². The highest BCUT2D eigenvalue weighted by molar-refractivity contribution is 8.01. The number of ether oxygens (including phenoxy) is 1. The van der Waals surface area contributed by atoms with Gasteiger partial charge in [0, 0.05) is 4.75 Å². The topological polar surface area (TPSA) is 121 Å². The Labute approximate surface area is 185 Å². The second kappa shape index (κ2) is 9.13. The van der Waals surface area contributed by atoms with Crippen LogP contribution in [0.4, 0.5) is 0 Å². The van der Waals surface area contributed by atoms with Crippen LogP contribution < -0.4 is 4.74 Å². The van der Waals surface area contributed by atoms with Crippen molar-refractivity contribution in [3.05, 3.63) is 42.0 Å². The van der Waals surface area contributed by atoms with Gasteiger partial charge in [0.25, 0.3) is 5.91 Å². The van der Waals surface area contributed by atoms with Crippen molar-refractivity contribution in [2.24, 2.45) is 5.41 Å². The van der Waals surface area contributed by atoms with Gasteiger partial charge in [-0.05, 0) is 52.8 Å². The summed E-state index contributed by atoms with van der Waals surface area (Å²) in [4.78, 5) is 47.1. The van der Waals surface area contributed by atoms with E-state index in [9.17, 15) is 24.3 Å². The zero-order valence-electron chi connectivity index (χ0n) is 18.1. The lowest BCUT2D eigenvalue weighted by Gasteiger charge is -2.38. The molecule has 0 aliphatic carbocycles. The van der Waals surface area contributed by atoms with Gasteiger partial charge in [-0.1, -0.05) is 18.2 Å². The molecule has 2 N–H and O–H groups in total. The average Bonchev–Trinajstić information content (AvgIpc) is 2.93. The summed E-state index contributed by atoms with van der Waals surface area (Å²) < 4.78 is 4.76. The molecule has 0 aromatic heterocycles. The zero-order chi connectivity index (χ0) is 23.6. The second-order valence-electron chi connectivity index (χ2n) is 8.75. The van der Waals surface area contributed by atoms with Crippen molar-refractivity contribution in [2.75, 3.05) is 6.61 Å². The van der Waals surface area contributed by atoms with Crippen LogP contribution >= 0.6 is 11.8 Å². The summed E-state index contributed by atoms with van der Waals surface area (Å²) in [5.74, 6) is -1.92. The third-order valence-corrected chi connectivity index (χ3v) is 6.20. The van der Waals surface area contributed by atoms with E-state index in [0.29, 0.717) is 11.3 Å². The minimum Gasteiger partial charge on any atom is -0.485 e. The van der Waals surface area contributed by atoms with E-state index in [-0.39, 0.29) is 17.8 Å². The molecule has 3 rings (SSSR count). The molecule has 2 atom stereocenters. The first-order valence-corrected chi connectivity index (χ1v) is 10.5. The van der Waals surface area contributed by atoms with E-state index in [2.05, 4.69) is 0 Å². The number of β-lactam (4-membered cyclic amide) rings is 1. The number of hydrogen-bond acceptors (Lipinski definition) is 6. The number of ketones is 1. The van der Waals surface area contributed by atoms with E-state index >= 15 is 0 Å². The van der Waals surface area contributed by atoms with Gasteiger partial charge in [0.1, 0.15) is 17.2 Å². The van der Waals surface area contributed by atoms with Crippen molar-refractivity contribution < 1.29 is 34.1 Å². The van der Waals surface area contributed by atoms with Gasteiger partial charge in [0.2, 0.25) is 0 Å². The van der Waals surface area contributed by atoms with Crippen molar-refractivity contribution in [3.8, 4) is 5.75 Å². The van der Waals surface area contributed by atoms with Crippen molar-refractivity contribution in [1.82, 2.24) is 4.90 Å². The van der Waals surface area contributed by atoms with Crippen molar-refractivity contribution in [3.63, 3.8) is 0 Å². The van der Waals surface area contributed by atoms with Crippen LogP contribution in [0.1, 0.15) is 34.6 Å². The Morgan fingerprint density at radius 1 is 1.16 bits per heavy atom. The molecular formula is C22H27NO7S. The molecule has 1 amide bonds. The molecule has 8 nitrogen and oxygen atoms in total. The molecule has 2 aliphatic rings. The van der Waals surface area contributed by atoms with Crippen LogP contribution in [-0.4, -0.2) is 61.5 Å². The molecule has 1 aromatic rings. The lowest BCUT2D eigenvalue weighted by Crippen LogP contribution is -2.58. The molecule has 168 valence electrons. The highest BCUT2D eigenvalue weighted by Crippen LogP contribution is 2.52. The molecule has 0 saturated carbocycles.